The molecule has 28 heavy (non-hydrogen) atoms. The highest BCUT2D eigenvalue weighted by Gasteiger charge is 2.17. The second kappa shape index (κ2) is 10.4. The van der Waals surface area contributed by atoms with Crippen LogP contribution in [0, 0.1) is 0 Å². The van der Waals surface area contributed by atoms with Crippen molar-refractivity contribution in [3.63, 3.8) is 0 Å². The van der Waals surface area contributed by atoms with Crippen LogP contribution in [-0.4, -0.2) is 52.9 Å². The Morgan fingerprint density at radius 1 is 1.11 bits per heavy atom. The Morgan fingerprint density at radius 3 is 2.86 bits per heavy atom. The third-order valence-electron chi connectivity index (χ3n) is 4.69. The van der Waals surface area contributed by atoms with E-state index in [0.29, 0.717) is 25.9 Å². The third-order valence-corrected chi connectivity index (χ3v) is 4.69. The molecule has 0 aliphatic carbocycles. The van der Waals surface area contributed by atoms with E-state index in [2.05, 4.69) is 20.6 Å². The average Bonchev–Trinajstić information content (AvgIpc) is 2.71. The molecule has 2 N–H and O–H groups in total. The zero-order valence-electron chi connectivity index (χ0n) is 16.1. The van der Waals surface area contributed by atoms with Crippen molar-refractivity contribution in [2.75, 3.05) is 31.5 Å². The summed E-state index contributed by atoms with van der Waals surface area (Å²) < 4.78 is 0. The summed E-state index contributed by atoms with van der Waals surface area (Å²) in [6.45, 7) is 1.96. The minimum atomic E-state index is -0.108. The Kier molecular flexibility index (Phi) is 7.35. The summed E-state index contributed by atoms with van der Waals surface area (Å²) >= 11 is 0. The van der Waals surface area contributed by atoms with E-state index < -0.39 is 0 Å². The topological polar surface area (TPSA) is 87.2 Å². The minimum Gasteiger partial charge on any atom is -0.370 e. The highest BCUT2D eigenvalue weighted by molar-refractivity contribution is 5.84. The first-order chi connectivity index (χ1) is 13.7. The Bertz CT molecular complexity index is 781. The molecule has 0 saturated heterocycles. The first kappa shape index (κ1) is 19.8. The largest absolute Gasteiger partial charge is 0.370 e. The number of amides is 2. The molecular formula is C21H27N5O2. The Labute approximate surface area is 165 Å². The molecule has 7 heteroatoms. The van der Waals surface area contributed by atoms with Crippen molar-refractivity contribution >= 4 is 17.6 Å². The molecule has 3 heterocycles. The van der Waals surface area contributed by atoms with Gasteiger partial charge in [-0.3, -0.25) is 14.6 Å². The Morgan fingerprint density at radius 2 is 2.00 bits per heavy atom. The van der Waals surface area contributed by atoms with Gasteiger partial charge in [-0.2, -0.15) is 0 Å². The van der Waals surface area contributed by atoms with Crippen LogP contribution in [0.4, 0.5) is 5.82 Å². The maximum Gasteiger partial charge on any atom is 0.239 e. The van der Waals surface area contributed by atoms with Crippen LogP contribution in [0.1, 0.15) is 30.5 Å². The lowest BCUT2D eigenvalue weighted by atomic mass is 10.1. The molecule has 2 amide bonds. The van der Waals surface area contributed by atoms with Gasteiger partial charge >= 0.3 is 0 Å². The molecule has 7 nitrogen and oxygen atoms in total. The fraction of sp³-hybridized carbons (Fsp3) is 0.429. The minimum absolute atomic E-state index is 0.00512. The average molecular weight is 381 g/mol. The molecule has 1 aliphatic rings. The number of hydrogen-bond acceptors (Lipinski definition) is 5. The molecule has 2 bridgehead atoms. The maximum atomic E-state index is 12.7. The lowest BCUT2D eigenvalue weighted by Crippen LogP contribution is -2.42. The summed E-state index contributed by atoms with van der Waals surface area (Å²) in [6, 6.07) is 9.77. The molecule has 0 spiro atoms. The number of aryl methyl sites for hydroxylation is 2. The van der Waals surface area contributed by atoms with Crippen molar-refractivity contribution in [1.29, 1.82) is 0 Å². The number of anilines is 1. The van der Waals surface area contributed by atoms with Crippen molar-refractivity contribution in [2.24, 2.45) is 0 Å². The van der Waals surface area contributed by atoms with Crippen LogP contribution in [0.25, 0.3) is 0 Å². The molecule has 0 aromatic carbocycles. The van der Waals surface area contributed by atoms with Gasteiger partial charge in [-0.1, -0.05) is 12.1 Å². The fourth-order valence-corrected chi connectivity index (χ4v) is 3.18. The molecule has 1 aliphatic heterocycles. The molecule has 0 unspecified atom stereocenters. The quantitative estimate of drug-likeness (QED) is 0.847. The predicted molar refractivity (Wildman–Crippen MR) is 108 cm³/mol. The number of carbonyl (C=O) groups is 2. The second-order valence-electron chi connectivity index (χ2n) is 6.92. The predicted octanol–water partition coefficient (Wildman–Crippen LogP) is 1.80. The number of nitrogens with one attached hydrogen (secondary N) is 2. The van der Waals surface area contributed by atoms with Crippen molar-refractivity contribution in [2.45, 2.75) is 32.1 Å². The summed E-state index contributed by atoms with van der Waals surface area (Å²) in [4.78, 5) is 35.4. The molecule has 2 aromatic heterocycles. The van der Waals surface area contributed by atoms with Gasteiger partial charge < -0.3 is 15.5 Å². The smallest absolute Gasteiger partial charge is 0.239 e. The summed E-state index contributed by atoms with van der Waals surface area (Å²) in [5, 5.41) is 6.18. The van der Waals surface area contributed by atoms with Crippen molar-refractivity contribution in [3.8, 4) is 0 Å². The SMILES string of the molecule is O=C1CN(C(=O)CCc2cccnc2)CCCc2cccc(n2)NCCCN1. The summed E-state index contributed by atoms with van der Waals surface area (Å²) in [5.74, 6) is 0.739. The lowest BCUT2D eigenvalue weighted by Gasteiger charge is -2.23. The van der Waals surface area contributed by atoms with E-state index in [4.69, 9.17) is 0 Å². The summed E-state index contributed by atoms with van der Waals surface area (Å²) in [7, 11) is 0. The number of rotatable bonds is 3. The van der Waals surface area contributed by atoms with Crippen LogP contribution < -0.4 is 10.6 Å². The molecular weight excluding hydrogens is 354 g/mol. The Hall–Kier alpha value is -2.96. The van der Waals surface area contributed by atoms with Gasteiger partial charge in [0.15, 0.2) is 0 Å². The van der Waals surface area contributed by atoms with E-state index in [1.807, 2.05) is 30.3 Å². The number of nitrogens with zero attached hydrogens (tertiary/aromatic N) is 3. The van der Waals surface area contributed by atoms with Crippen molar-refractivity contribution in [3.05, 3.63) is 54.0 Å². The normalized spacial score (nSPS) is 15.9. The van der Waals surface area contributed by atoms with Crippen LogP contribution in [0.2, 0.25) is 0 Å². The van der Waals surface area contributed by atoms with Crippen molar-refractivity contribution in [1.82, 2.24) is 20.2 Å². The van der Waals surface area contributed by atoms with E-state index in [1.165, 1.54) is 0 Å². The van der Waals surface area contributed by atoms with Crippen LogP contribution >= 0.6 is 0 Å². The number of carbonyl (C=O) groups excluding carboxylic acids is 2. The van der Waals surface area contributed by atoms with Gasteiger partial charge in [0.05, 0.1) is 6.54 Å². The Balaban J connectivity index is 1.62. The lowest BCUT2D eigenvalue weighted by molar-refractivity contribution is -0.136. The van der Waals surface area contributed by atoms with Crippen LogP contribution in [0.3, 0.4) is 0 Å². The molecule has 3 rings (SSSR count). The number of fused-ring (bicyclic) bond motifs is 2. The first-order valence-electron chi connectivity index (χ1n) is 9.84. The molecule has 0 fully saturated rings. The molecule has 148 valence electrons. The van der Waals surface area contributed by atoms with E-state index >= 15 is 0 Å². The monoisotopic (exact) mass is 381 g/mol. The van der Waals surface area contributed by atoms with Crippen LogP contribution in [0.5, 0.6) is 0 Å². The van der Waals surface area contributed by atoms with Gasteiger partial charge in [-0.15, -0.1) is 0 Å². The third kappa shape index (κ3) is 6.33. The first-order valence-corrected chi connectivity index (χ1v) is 9.84. The summed E-state index contributed by atoms with van der Waals surface area (Å²) in [5.41, 5.74) is 2.02. The second-order valence-corrected chi connectivity index (χ2v) is 6.92. The highest BCUT2D eigenvalue weighted by atomic mass is 16.2. The van der Waals surface area contributed by atoms with E-state index in [0.717, 1.165) is 42.9 Å². The van der Waals surface area contributed by atoms with Crippen LogP contribution in [-0.2, 0) is 22.4 Å². The zero-order valence-corrected chi connectivity index (χ0v) is 16.1. The van der Waals surface area contributed by atoms with E-state index in [1.54, 1.807) is 17.3 Å². The molecule has 0 saturated carbocycles. The summed E-state index contributed by atoms with van der Waals surface area (Å²) in [6.07, 6.45) is 6.82. The van der Waals surface area contributed by atoms with Gasteiger partial charge in [0, 0.05) is 44.1 Å². The van der Waals surface area contributed by atoms with Crippen LogP contribution in [0.15, 0.2) is 42.7 Å². The van der Waals surface area contributed by atoms with Crippen molar-refractivity contribution < 1.29 is 9.59 Å². The molecule has 0 atom stereocenters. The highest BCUT2D eigenvalue weighted by Crippen LogP contribution is 2.09. The zero-order chi connectivity index (χ0) is 19.6. The maximum absolute atomic E-state index is 12.7. The molecule has 2 aromatic rings. The number of pyridine rings is 2. The fourth-order valence-electron chi connectivity index (χ4n) is 3.18. The van der Waals surface area contributed by atoms with Gasteiger partial charge in [-0.05, 0) is 49.4 Å². The van der Waals surface area contributed by atoms with E-state index in [-0.39, 0.29) is 18.4 Å². The van der Waals surface area contributed by atoms with Gasteiger partial charge in [-0.25, -0.2) is 4.98 Å². The van der Waals surface area contributed by atoms with E-state index in [9.17, 15) is 9.59 Å². The molecule has 0 radical (unpaired) electrons. The standard InChI is InChI=1S/C21H27N5O2/c27-20-16-26(21(28)10-9-17-5-2-11-22-15-17)14-3-7-18-6-1-8-19(25-18)23-12-4-13-24-20/h1-2,5-6,8,11,15H,3-4,7,9-10,12-14,16H2,(H,23,25)(H,24,27). The number of hydrogen-bond donors (Lipinski definition) is 2. The van der Waals surface area contributed by atoms with Gasteiger partial charge in [0.25, 0.3) is 0 Å². The van der Waals surface area contributed by atoms with Gasteiger partial charge in [0.2, 0.25) is 11.8 Å². The number of aromatic nitrogens is 2. The van der Waals surface area contributed by atoms with Gasteiger partial charge in [0.1, 0.15) is 5.82 Å².